The molecule has 2 rings (SSSR count). The van der Waals surface area contributed by atoms with E-state index in [1.54, 1.807) is 7.11 Å². The van der Waals surface area contributed by atoms with Gasteiger partial charge in [0.2, 0.25) is 5.91 Å². The molecule has 1 saturated carbocycles. The molecule has 27 heavy (non-hydrogen) atoms. The van der Waals surface area contributed by atoms with Crippen molar-refractivity contribution >= 4 is 11.9 Å². The van der Waals surface area contributed by atoms with Gasteiger partial charge >= 0.3 is 6.03 Å². The standard InChI is InChI=1S/C20H31N3O4/c1-4-23(13-15-10-11-17(27-5-2)18(12-15)26-3)14-19(24)22-20(25)21-16-8-6-7-9-16/h10-12,16H,4-9,13-14H2,1-3H3,(H2,21,22,24,25). The Bertz CT molecular complexity index is 630. The quantitative estimate of drug-likeness (QED) is 0.692. The molecule has 7 nitrogen and oxygen atoms in total. The Balaban J connectivity index is 1.86. The second-order valence-electron chi connectivity index (χ2n) is 6.72. The van der Waals surface area contributed by atoms with Crippen LogP contribution in [0.4, 0.5) is 4.79 Å². The van der Waals surface area contributed by atoms with Gasteiger partial charge in [-0.1, -0.05) is 25.8 Å². The molecule has 0 aromatic heterocycles. The van der Waals surface area contributed by atoms with Crippen molar-refractivity contribution in [2.75, 3.05) is 26.8 Å². The second-order valence-corrected chi connectivity index (χ2v) is 6.72. The van der Waals surface area contributed by atoms with E-state index in [9.17, 15) is 9.59 Å². The number of nitrogens with zero attached hydrogens (tertiary/aromatic N) is 1. The number of imide groups is 1. The van der Waals surface area contributed by atoms with Gasteiger partial charge in [0.25, 0.3) is 0 Å². The fourth-order valence-electron chi connectivity index (χ4n) is 3.28. The number of hydrogen-bond donors (Lipinski definition) is 2. The highest BCUT2D eigenvalue weighted by molar-refractivity contribution is 5.95. The first kappa shape index (κ1) is 21.0. The minimum Gasteiger partial charge on any atom is -0.493 e. The summed E-state index contributed by atoms with van der Waals surface area (Å²) in [6.45, 7) is 5.90. The molecule has 150 valence electrons. The van der Waals surface area contributed by atoms with Crippen LogP contribution in [0.15, 0.2) is 18.2 Å². The van der Waals surface area contributed by atoms with Crippen LogP contribution in [0.2, 0.25) is 0 Å². The van der Waals surface area contributed by atoms with Crippen LogP contribution >= 0.6 is 0 Å². The van der Waals surface area contributed by atoms with Gasteiger partial charge in [0.1, 0.15) is 0 Å². The lowest BCUT2D eigenvalue weighted by atomic mass is 10.2. The van der Waals surface area contributed by atoms with Gasteiger partial charge in [0.05, 0.1) is 20.3 Å². The van der Waals surface area contributed by atoms with Crippen LogP contribution < -0.4 is 20.1 Å². The summed E-state index contributed by atoms with van der Waals surface area (Å²) in [6, 6.07) is 5.54. The van der Waals surface area contributed by atoms with E-state index in [0.717, 1.165) is 31.2 Å². The largest absolute Gasteiger partial charge is 0.493 e. The van der Waals surface area contributed by atoms with Crippen LogP contribution in [0.1, 0.15) is 45.1 Å². The number of ether oxygens (including phenoxy) is 2. The summed E-state index contributed by atoms with van der Waals surface area (Å²) in [5.74, 6) is 1.07. The van der Waals surface area contributed by atoms with Crippen LogP contribution in [-0.2, 0) is 11.3 Å². The summed E-state index contributed by atoms with van der Waals surface area (Å²) in [4.78, 5) is 26.1. The zero-order valence-corrected chi connectivity index (χ0v) is 16.5. The summed E-state index contributed by atoms with van der Waals surface area (Å²) in [5.41, 5.74) is 1.01. The number of hydrogen-bond acceptors (Lipinski definition) is 5. The zero-order chi connectivity index (χ0) is 19.6. The van der Waals surface area contributed by atoms with E-state index in [4.69, 9.17) is 9.47 Å². The SMILES string of the molecule is CCOc1ccc(CN(CC)CC(=O)NC(=O)NC2CCCC2)cc1OC. The smallest absolute Gasteiger partial charge is 0.321 e. The number of benzene rings is 1. The van der Waals surface area contributed by atoms with Gasteiger partial charge in [-0.3, -0.25) is 15.0 Å². The maximum Gasteiger partial charge on any atom is 0.321 e. The maximum atomic E-state index is 12.2. The normalized spacial score (nSPS) is 14.2. The third kappa shape index (κ3) is 6.75. The Morgan fingerprint density at radius 2 is 1.93 bits per heavy atom. The molecular formula is C20H31N3O4. The number of likely N-dealkylation sites (N-methyl/N-ethyl adjacent to an activating group) is 1. The highest BCUT2D eigenvalue weighted by Gasteiger charge is 2.19. The lowest BCUT2D eigenvalue weighted by Crippen LogP contribution is -2.46. The summed E-state index contributed by atoms with van der Waals surface area (Å²) < 4.78 is 10.9. The lowest BCUT2D eigenvalue weighted by Gasteiger charge is -2.21. The average molecular weight is 377 g/mol. The molecule has 1 aromatic rings. The first-order valence-electron chi connectivity index (χ1n) is 9.68. The van der Waals surface area contributed by atoms with Gasteiger partial charge in [0.15, 0.2) is 11.5 Å². The number of carbonyl (C=O) groups is 2. The molecule has 1 aromatic carbocycles. The molecule has 0 saturated heterocycles. The molecule has 3 amide bonds. The van der Waals surface area contributed by atoms with Crippen molar-refractivity contribution in [1.82, 2.24) is 15.5 Å². The Hall–Kier alpha value is -2.28. The van der Waals surface area contributed by atoms with E-state index >= 15 is 0 Å². The van der Waals surface area contributed by atoms with Gasteiger partial charge in [-0.05, 0) is 44.0 Å². The Morgan fingerprint density at radius 3 is 2.56 bits per heavy atom. The minimum atomic E-state index is -0.398. The Morgan fingerprint density at radius 1 is 1.19 bits per heavy atom. The molecule has 0 unspecified atom stereocenters. The molecule has 0 atom stereocenters. The second kappa shape index (κ2) is 10.8. The summed E-state index contributed by atoms with van der Waals surface area (Å²) in [6.07, 6.45) is 4.24. The van der Waals surface area contributed by atoms with Crippen molar-refractivity contribution in [3.8, 4) is 11.5 Å². The molecule has 0 bridgehead atoms. The molecule has 1 fully saturated rings. The first-order valence-corrected chi connectivity index (χ1v) is 9.68. The number of urea groups is 1. The zero-order valence-electron chi connectivity index (χ0n) is 16.5. The van der Waals surface area contributed by atoms with Crippen molar-refractivity contribution in [3.05, 3.63) is 23.8 Å². The molecule has 1 aliphatic carbocycles. The van der Waals surface area contributed by atoms with Gasteiger partial charge in [-0.2, -0.15) is 0 Å². The number of amides is 3. The number of nitrogens with one attached hydrogen (secondary N) is 2. The van der Waals surface area contributed by atoms with Crippen molar-refractivity contribution in [2.45, 2.75) is 52.1 Å². The van der Waals surface area contributed by atoms with Crippen LogP contribution in [-0.4, -0.2) is 49.7 Å². The molecule has 7 heteroatoms. The predicted molar refractivity (Wildman–Crippen MR) is 104 cm³/mol. The lowest BCUT2D eigenvalue weighted by molar-refractivity contribution is -0.121. The summed E-state index contributed by atoms with van der Waals surface area (Å²) >= 11 is 0. The number of rotatable bonds is 9. The van der Waals surface area contributed by atoms with E-state index in [0.29, 0.717) is 31.2 Å². The topological polar surface area (TPSA) is 79.9 Å². The molecule has 2 N–H and O–H groups in total. The fraction of sp³-hybridized carbons (Fsp3) is 0.600. The van der Waals surface area contributed by atoms with Gasteiger partial charge in [-0.15, -0.1) is 0 Å². The summed E-state index contributed by atoms with van der Waals surface area (Å²) in [7, 11) is 1.61. The van der Waals surface area contributed by atoms with Gasteiger partial charge in [0, 0.05) is 12.6 Å². The van der Waals surface area contributed by atoms with E-state index in [2.05, 4.69) is 10.6 Å². The molecule has 0 heterocycles. The van der Waals surface area contributed by atoms with Crippen molar-refractivity contribution in [3.63, 3.8) is 0 Å². The monoisotopic (exact) mass is 377 g/mol. The molecule has 0 radical (unpaired) electrons. The molecule has 0 spiro atoms. The maximum absolute atomic E-state index is 12.2. The Labute approximate surface area is 161 Å². The summed E-state index contributed by atoms with van der Waals surface area (Å²) in [5, 5.41) is 5.29. The minimum absolute atomic E-state index is 0.157. The molecular weight excluding hydrogens is 346 g/mol. The van der Waals surface area contributed by atoms with Crippen LogP contribution in [0.25, 0.3) is 0 Å². The highest BCUT2D eigenvalue weighted by atomic mass is 16.5. The third-order valence-corrected chi connectivity index (χ3v) is 4.69. The van der Waals surface area contributed by atoms with Crippen LogP contribution in [0, 0.1) is 0 Å². The van der Waals surface area contributed by atoms with Crippen molar-refractivity contribution < 1.29 is 19.1 Å². The van der Waals surface area contributed by atoms with E-state index in [1.807, 2.05) is 36.9 Å². The highest BCUT2D eigenvalue weighted by Crippen LogP contribution is 2.28. The van der Waals surface area contributed by atoms with E-state index < -0.39 is 6.03 Å². The number of carbonyl (C=O) groups excluding carboxylic acids is 2. The van der Waals surface area contributed by atoms with Crippen molar-refractivity contribution in [1.29, 1.82) is 0 Å². The van der Waals surface area contributed by atoms with E-state index in [1.165, 1.54) is 0 Å². The third-order valence-electron chi connectivity index (χ3n) is 4.69. The number of methoxy groups -OCH3 is 1. The average Bonchev–Trinajstić information content (AvgIpc) is 3.15. The van der Waals surface area contributed by atoms with Gasteiger partial charge in [-0.25, -0.2) is 4.79 Å². The van der Waals surface area contributed by atoms with Crippen LogP contribution in [0.5, 0.6) is 11.5 Å². The Kier molecular flexibility index (Phi) is 8.39. The van der Waals surface area contributed by atoms with Crippen LogP contribution in [0.3, 0.4) is 0 Å². The fourth-order valence-corrected chi connectivity index (χ4v) is 3.28. The van der Waals surface area contributed by atoms with Crippen molar-refractivity contribution in [2.24, 2.45) is 0 Å². The predicted octanol–water partition coefficient (Wildman–Crippen LogP) is 2.68. The van der Waals surface area contributed by atoms with Gasteiger partial charge < -0.3 is 14.8 Å². The first-order chi connectivity index (χ1) is 13.0. The molecule has 1 aliphatic rings. The van der Waals surface area contributed by atoms with E-state index in [-0.39, 0.29) is 18.5 Å². The molecule has 0 aliphatic heterocycles.